The van der Waals surface area contributed by atoms with E-state index in [0.29, 0.717) is 15.2 Å². The Morgan fingerprint density at radius 1 is 1.19 bits per heavy atom. The minimum Gasteiger partial charge on any atom is -0.459 e. The largest absolute Gasteiger partial charge is 0.459 e. The average Bonchev–Trinajstić information content (AvgIpc) is 2.85. The summed E-state index contributed by atoms with van der Waals surface area (Å²) in [6.07, 6.45) is -4.87. The molecule has 3 aromatic rings. The van der Waals surface area contributed by atoms with Gasteiger partial charge in [-0.05, 0) is 13.0 Å². The number of hydrogen-bond acceptors (Lipinski definition) is 5. The van der Waals surface area contributed by atoms with Gasteiger partial charge in [0.15, 0.2) is 0 Å². The van der Waals surface area contributed by atoms with Crippen molar-refractivity contribution in [3.63, 3.8) is 0 Å². The number of hydrogen-bond donors (Lipinski definition) is 0. The van der Waals surface area contributed by atoms with Crippen molar-refractivity contribution in [2.24, 2.45) is 7.05 Å². The van der Waals surface area contributed by atoms with Crippen LogP contribution in [0.2, 0.25) is 0 Å². The molecule has 0 bridgehead atoms. The van der Waals surface area contributed by atoms with Crippen LogP contribution in [-0.2, 0) is 13.2 Å². The van der Waals surface area contributed by atoms with Crippen molar-refractivity contribution < 1.29 is 22.5 Å². The highest BCUT2D eigenvalue weighted by Gasteiger charge is 2.35. The van der Waals surface area contributed by atoms with Crippen LogP contribution in [0.25, 0.3) is 16.7 Å². The minimum absolute atomic E-state index is 0.0283. The molecular weight excluding hydrogens is 359 g/mol. The Hall–Kier alpha value is -3.37. The molecule has 3 rings (SSSR count). The van der Waals surface area contributed by atoms with E-state index in [1.54, 1.807) is 0 Å². The van der Waals surface area contributed by atoms with Gasteiger partial charge in [0.2, 0.25) is 0 Å². The van der Waals surface area contributed by atoms with Crippen molar-refractivity contribution in [1.82, 2.24) is 9.13 Å². The fraction of sp³-hybridized carbons (Fsp3) is 0.200. The maximum atomic E-state index is 12.9. The number of aryl methyl sites for hydroxylation is 1. The smallest absolute Gasteiger partial charge is 0.431 e. The van der Waals surface area contributed by atoms with E-state index in [9.17, 15) is 32.9 Å². The van der Waals surface area contributed by atoms with Gasteiger partial charge in [-0.3, -0.25) is 19.5 Å². The first-order valence-corrected chi connectivity index (χ1v) is 7.10. The highest BCUT2D eigenvalue weighted by Crippen LogP contribution is 2.31. The molecule has 0 amide bonds. The van der Waals surface area contributed by atoms with Crippen LogP contribution < -0.4 is 11.2 Å². The molecule has 0 saturated carbocycles. The summed E-state index contributed by atoms with van der Waals surface area (Å²) in [6, 6.07) is 3.82. The number of fused-ring (bicyclic) bond motifs is 1. The molecule has 0 radical (unpaired) electrons. The van der Waals surface area contributed by atoms with E-state index in [2.05, 4.69) is 0 Å². The number of halogens is 3. The molecule has 0 atom stereocenters. The van der Waals surface area contributed by atoms with E-state index in [1.165, 1.54) is 13.0 Å². The Labute approximate surface area is 141 Å². The van der Waals surface area contributed by atoms with Crippen LogP contribution in [0.4, 0.5) is 18.9 Å². The molecule has 2 aromatic heterocycles. The number of aromatic nitrogens is 2. The summed E-state index contributed by atoms with van der Waals surface area (Å²) >= 11 is 0. The van der Waals surface area contributed by atoms with E-state index in [-0.39, 0.29) is 28.1 Å². The normalized spacial score (nSPS) is 11.9. The second-order valence-electron chi connectivity index (χ2n) is 5.49. The lowest BCUT2D eigenvalue weighted by molar-refractivity contribution is -0.384. The maximum Gasteiger partial charge on any atom is 0.431 e. The average molecular weight is 369 g/mol. The SMILES string of the molecule is Cc1oc2cc([N+](=O)[O-])ccc2c1-n1c(=O)cc(C(F)(F)F)n(C)c1=O. The van der Waals surface area contributed by atoms with Crippen molar-refractivity contribution >= 4 is 16.7 Å². The van der Waals surface area contributed by atoms with Crippen molar-refractivity contribution in [3.05, 3.63) is 66.7 Å². The Morgan fingerprint density at radius 3 is 2.42 bits per heavy atom. The van der Waals surface area contributed by atoms with Crippen molar-refractivity contribution in [2.75, 3.05) is 0 Å². The van der Waals surface area contributed by atoms with E-state index >= 15 is 0 Å². The van der Waals surface area contributed by atoms with Gasteiger partial charge < -0.3 is 4.42 Å². The lowest BCUT2D eigenvalue weighted by Crippen LogP contribution is -2.40. The molecule has 0 fully saturated rings. The molecule has 8 nitrogen and oxygen atoms in total. The van der Waals surface area contributed by atoms with Gasteiger partial charge in [-0.1, -0.05) is 0 Å². The van der Waals surface area contributed by atoms with E-state index in [4.69, 9.17) is 4.42 Å². The summed E-state index contributed by atoms with van der Waals surface area (Å²) in [4.78, 5) is 34.8. The number of alkyl halides is 3. The lowest BCUT2D eigenvalue weighted by atomic mass is 10.2. The Morgan fingerprint density at radius 2 is 1.85 bits per heavy atom. The van der Waals surface area contributed by atoms with Crippen LogP contribution in [0, 0.1) is 17.0 Å². The van der Waals surface area contributed by atoms with Gasteiger partial charge in [0.05, 0.1) is 11.0 Å². The third-order valence-electron chi connectivity index (χ3n) is 3.86. The molecule has 0 aliphatic rings. The summed E-state index contributed by atoms with van der Waals surface area (Å²) in [6.45, 7) is 1.39. The van der Waals surface area contributed by atoms with Crippen LogP contribution >= 0.6 is 0 Å². The number of nitro groups is 1. The molecule has 136 valence electrons. The first-order chi connectivity index (χ1) is 12.0. The van der Waals surface area contributed by atoms with Crippen LogP contribution in [-0.4, -0.2) is 14.1 Å². The standard InChI is InChI=1S/C15H10F3N3O5/c1-7-13(9-4-3-8(21(24)25)5-10(9)26-7)20-12(22)6-11(15(16,17)18)19(2)14(20)23/h3-6H,1-2H3. The fourth-order valence-corrected chi connectivity index (χ4v) is 2.69. The predicted molar refractivity (Wildman–Crippen MR) is 83.4 cm³/mol. The molecule has 0 aliphatic carbocycles. The van der Waals surface area contributed by atoms with E-state index < -0.39 is 28.0 Å². The minimum atomic E-state index is -4.87. The topological polar surface area (TPSA) is 100 Å². The number of furan rings is 1. The van der Waals surface area contributed by atoms with E-state index in [1.807, 2.05) is 0 Å². The van der Waals surface area contributed by atoms with Gasteiger partial charge in [-0.25, -0.2) is 9.36 Å². The monoisotopic (exact) mass is 369 g/mol. The summed E-state index contributed by atoms with van der Waals surface area (Å²) in [5.74, 6) is 0.0551. The fourth-order valence-electron chi connectivity index (χ4n) is 2.69. The van der Waals surface area contributed by atoms with Gasteiger partial charge in [0.25, 0.3) is 11.2 Å². The molecular formula is C15H10F3N3O5. The third-order valence-corrected chi connectivity index (χ3v) is 3.86. The molecule has 0 unspecified atom stereocenters. The molecule has 26 heavy (non-hydrogen) atoms. The molecule has 11 heteroatoms. The lowest BCUT2D eigenvalue weighted by Gasteiger charge is -2.13. The van der Waals surface area contributed by atoms with Crippen LogP contribution in [0.3, 0.4) is 0 Å². The Bertz CT molecular complexity index is 1170. The maximum absolute atomic E-state index is 12.9. The van der Waals surface area contributed by atoms with Crippen LogP contribution in [0.1, 0.15) is 11.5 Å². The third kappa shape index (κ3) is 2.57. The van der Waals surface area contributed by atoms with Gasteiger partial charge in [0.1, 0.15) is 22.7 Å². The second-order valence-corrected chi connectivity index (χ2v) is 5.49. The van der Waals surface area contributed by atoms with Gasteiger partial charge in [0, 0.05) is 24.6 Å². The quantitative estimate of drug-likeness (QED) is 0.510. The number of benzene rings is 1. The molecule has 0 aliphatic heterocycles. The molecule has 0 spiro atoms. The zero-order valence-electron chi connectivity index (χ0n) is 13.3. The van der Waals surface area contributed by atoms with Crippen LogP contribution in [0.5, 0.6) is 0 Å². The molecule has 0 saturated heterocycles. The first-order valence-electron chi connectivity index (χ1n) is 7.10. The molecule has 2 heterocycles. The highest BCUT2D eigenvalue weighted by atomic mass is 19.4. The summed E-state index contributed by atoms with van der Waals surface area (Å²) < 4.78 is 45.0. The zero-order chi connectivity index (χ0) is 19.4. The summed E-state index contributed by atoms with van der Waals surface area (Å²) in [5.41, 5.74) is -4.09. The van der Waals surface area contributed by atoms with Gasteiger partial charge >= 0.3 is 11.9 Å². The van der Waals surface area contributed by atoms with Crippen LogP contribution in [0.15, 0.2) is 38.3 Å². The van der Waals surface area contributed by atoms with Gasteiger partial charge in [-0.15, -0.1) is 0 Å². The zero-order valence-corrected chi connectivity index (χ0v) is 13.3. The summed E-state index contributed by atoms with van der Waals surface area (Å²) in [5, 5.41) is 11.0. The number of nitrogens with zero attached hydrogens (tertiary/aromatic N) is 3. The highest BCUT2D eigenvalue weighted by molar-refractivity contribution is 5.89. The second kappa shape index (κ2) is 5.58. The number of rotatable bonds is 2. The number of nitro benzene ring substituents is 1. The first kappa shape index (κ1) is 17.5. The predicted octanol–water partition coefficient (Wildman–Crippen LogP) is 2.52. The molecule has 1 aromatic carbocycles. The van der Waals surface area contributed by atoms with Crippen molar-refractivity contribution in [2.45, 2.75) is 13.1 Å². The Kier molecular flexibility index (Phi) is 3.74. The van der Waals surface area contributed by atoms with Gasteiger partial charge in [-0.2, -0.15) is 13.2 Å². The molecule has 0 N–H and O–H groups in total. The Balaban J connectivity index is 2.37. The van der Waals surface area contributed by atoms with E-state index in [0.717, 1.165) is 19.2 Å². The van der Waals surface area contributed by atoms with Crippen molar-refractivity contribution in [1.29, 1.82) is 0 Å². The number of non-ortho nitro benzene ring substituents is 1. The van der Waals surface area contributed by atoms with Crippen molar-refractivity contribution in [3.8, 4) is 5.69 Å². The summed E-state index contributed by atoms with van der Waals surface area (Å²) in [7, 11) is 0.892.